The molecule has 1 heterocycles. The van der Waals surface area contributed by atoms with Crippen LogP contribution < -0.4 is 0 Å². The van der Waals surface area contributed by atoms with E-state index in [1.54, 1.807) is 0 Å². The predicted molar refractivity (Wildman–Crippen MR) is 106 cm³/mol. The van der Waals surface area contributed by atoms with Gasteiger partial charge in [0.1, 0.15) is 12.9 Å². The minimum absolute atomic E-state index is 0.338. The zero-order chi connectivity index (χ0) is 17.8. The maximum Gasteiger partial charge on any atom is 0.146 e. The number of hydrogen-bond acceptors (Lipinski definition) is 3. The van der Waals surface area contributed by atoms with Crippen LogP contribution in [0.1, 0.15) is 84.0 Å². The molecule has 0 bridgehead atoms. The average molecular weight is 353 g/mol. The molecule has 1 rings (SSSR count). The molecule has 0 saturated carbocycles. The summed E-state index contributed by atoms with van der Waals surface area (Å²) in [5.41, 5.74) is 0. The predicted octanol–water partition coefficient (Wildman–Crippen LogP) is 6.19. The molecular weight excluding hydrogens is 312 g/mol. The molecule has 0 aliphatic carbocycles. The van der Waals surface area contributed by atoms with Gasteiger partial charge in [-0.25, -0.2) is 0 Å². The molecule has 3 nitrogen and oxygen atoms in total. The third kappa shape index (κ3) is 18.0. The SMILES string of the molecule is CCCCC/C=C\C/C=C\CCCCCCCCOCOCC1CO1. The van der Waals surface area contributed by atoms with Crippen LogP contribution in [0.4, 0.5) is 0 Å². The largest absolute Gasteiger partial charge is 0.371 e. The summed E-state index contributed by atoms with van der Waals surface area (Å²) in [6, 6.07) is 0. The zero-order valence-electron chi connectivity index (χ0n) is 16.4. The number of ether oxygens (including phenoxy) is 3. The standard InChI is InChI=1S/C22H40O3/c1-2-3-4-5-6-7-8-9-10-11-12-13-14-15-16-17-18-23-21-24-19-22-20-25-22/h6-7,9-10,22H,2-5,8,11-21H2,1H3/b7-6-,10-9-. The van der Waals surface area contributed by atoms with E-state index in [0.29, 0.717) is 19.5 Å². The van der Waals surface area contributed by atoms with Crippen LogP contribution in [-0.4, -0.2) is 32.7 Å². The lowest BCUT2D eigenvalue weighted by molar-refractivity contribution is -0.0584. The van der Waals surface area contributed by atoms with Crippen LogP contribution in [0.3, 0.4) is 0 Å². The third-order valence-electron chi connectivity index (χ3n) is 4.36. The number of rotatable bonds is 19. The van der Waals surface area contributed by atoms with Crippen LogP contribution >= 0.6 is 0 Å². The lowest BCUT2D eigenvalue weighted by Crippen LogP contribution is -2.06. The van der Waals surface area contributed by atoms with E-state index in [0.717, 1.165) is 26.1 Å². The molecule has 0 amide bonds. The van der Waals surface area contributed by atoms with Gasteiger partial charge in [-0.15, -0.1) is 0 Å². The fourth-order valence-electron chi connectivity index (χ4n) is 2.65. The van der Waals surface area contributed by atoms with Gasteiger partial charge in [-0.2, -0.15) is 0 Å². The minimum atomic E-state index is 0.338. The van der Waals surface area contributed by atoms with Gasteiger partial charge in [0.15, 0.2) is 0 Å². The van der Waals surface area contributed by atoms with Gasteiger partial charge in [-0.1, -0.05) is 69.8 Å². The van der Waals surface area contributed by atoms with Crippen LogP contribution in [0.25, 0.3) is 0 Å². The summed E-state index contributed by atoms with van der Waals surface area (Å²) in [6.45, 7) is 5.03. The Kier molecular flexibility index (Phi) is 16.3. The molecule has 1 unspecified atom stereocenters. The first kappa shape index (κ1) is 22.4. The molecule has 0 aromatic rings. The lowest BCUT2D eigenvalue weighted by Gasteiger charge is -2.04. The van der Waals surface area contributed by atoms with Gasteiger partial charge in [-0.05, 0) is 38.5 Å². The molecule has 0 aromatic heterocycles. The summed E-state index contributed by atoms with van der Waals surface area (Å²) < 4.78 is 15.8. The Hall–Kier alpha value is -0.640. The number of hydrogen-bond donors (Lipinski definition) is 0. The number of epoxide rings is 1. The van der Waals surface area contributed by atoms with Crippen molar-refractivity contribution in [2.24, 2.45) is 0 Å². The fourth-order valence-corrected chi connectivity index (χ4v) is 2.65. The van der Waals surface area contributed by atoms with E-state index >= 15 is 0 Å². The van der Waals surface area contributed by atoms with Crippen molar-refractivity contribution in [2.45, 2.75) is 90.1 Å². The van der Waals surface area contributed by atoms with Crippen molar-refractivity contribution in [1.82, 2.24) is 0 Å². The van der Waals surface area contributed by atoms with Crippen molar-refractivity contribution in [1.29, 1.82) is 0 Å². The molecule has 0 spiro atoms. The Morgan fingerprint density at radius 1 is 0.800 bits per heavy atom. The third-order valence-corrected chi connectivity index (χ3v) is 4.36. The first-order chi connectivity index (χ1) is 12.4. The normalized spacial score (nSPS) is 17.1. The van der Waals surface area contributed by atoms with Crippen LogP contribution in [0, 0.1) is 0 Å². The molecule has 3 heteroatoms. The van der Waals surface area contributed by atoms with Crippen LogP contribution in [0.2, 0.25) is 0 Å². The number of unbranched alkanes of at least 4 members (excludes halogenated alkanes) is 9. The van der Waals surface area contributed by atoms with Crippen molar-refractivity contribution in [3.05, 3.63) is 24.3 Å². The zero-order valence-corrected chi connectivity index (χ0v) is 16.4. The van der Waals surface area contributed by atoms with Crippen molar-refractivity contribution in [3.8, 4) is 0 Å². The van der Waals surface area contributed by atoms with Gasteiger partial charge in [0, 0.05) is 6.61 Å². The Bertz CT molecular complexity index is 321. The van der Waals surface area contributed by atoms with Gasteiger partial charge in [0.25, 0.3) is 0 Å². The molecular formula is C22H40O3. The van der Waals surface area contributed by atoms with Gasteiger partial charge in [0.2, 0.25) is 0 Å². The molecule has 1 saturated heterocycles. The van der Waals surface area contributed by atoms with Gasteiger partial charge < -0.3 is 14.2 Å². The molecule has 0 N–H and O–H groups in total. The van der Waals surface area contributed by atoms with E-state index in [-0.39, 0.29) is 0 Å². The highest BCUT2D eigenvalue weighted by Crippen LogP contribution is 2.09. The first-order valence-electron chi connectivity index (χ1n) is 10.5. The second-order valence-corrected chi connectivity index (χ2v) is 6.94. The maximum absolute atomic E-state index is 5.44. The number of allylic oxidation sites excluding steroid dienone is 4. The van der Waals surface area contributed by atoms with Gasteiger partial charge >= 0.3 is 0 Å². The van der Waals surface area contributed by atoms with Crippen LogP contribution in [0.15, 0.2) is 24.3 Å². The second-order valence-electron chi connectivity index (χ2n) is 6.94. The van der Waals surface area contributed by atoms with E-state index in [1.165, 1.54) is 64.2 Å². The van der Waals surface area contributed by atoms with E-state index in [9.17, 15) is 0 Å². The maximum atomic E-state index is 5.44. The monoisotopic (exact) mass is 352 g/mol. The van der Waals surface area contributed by atoms with Gasteiger partial charge in [-0.3, -0.25) is 0 Å². The molecule has 0 aromatic carbocycles. The summed E-state index contributed by atoms with van der Waals surface area (Å²) in [7, 11) is 0. The minimum Gasteiger partial charge on any atom is -0.371 e. The van der Waals surface area contributed by atoms with Crippen molar-refractivity contribution >= 4 is 0 Å². The summed E-state index contributed by atoms with van der Waals surface area (Å²) in [6.07, 6.45) is 25.0. The lowest BCUT2D eigenvalue weighted by atomic mass is 10.1. The van der Waals surface area contributed by atoms with Gasteiger partial charge in [0.05, 0.1) is 13.2 Å². The van der Waals surface area contributed by atoms with E-state index in [2.05, 4.69) is 31.2 Å². The van der Waals surface area contributed by atoms with Crippen molar-refractivity contribution in [3.63, 3.8) is 0 Å². The average Bonchev–Trinajstić information content (AvgIpc) is 3.44. The quantitative estimate of drug-likeness (QED) is 0.120. The van der Waals surface area contributed by atoms with Crippen LogP contribution in [-0.2, 0) is 14.2 Å². The van der Waals surface area contributed by atoms with E-state index < -0.39 is 0 Å². The summed E-state index contributed by atoms with van der Waals surface area (Å²) in [5, 5.41) is 0. The summed E-state index contributed by atoms with van der Waals surface area (Å²) in [4.78, 5) is 0. The van der Waals surface area contributed by atoms with Crippen molar-refractivity contribution < 1.29 is 14.2 Å². The fraction of sp³-hybridized carbons (Fsp3) is 0.818. The topological polar surface area (TPSA) is 31.0 Å². The highest BCUT2D eigenvalue weighted by Gasteiger charge is 2.21. The van der Waals surface area contributed by atoms with Crippen LogP contribution in [0.5, 0.6) is 0 Å². The Morgan fingerprint density at radius 3 is 2.12 bits per heavy atom. The first-order valence-corrected chi connectivity index (χ1v) is 10.5. The van der Waals surface area contributed by atoms with E-state index in [4.69, 9.17) is 14.2 Å². The Balaban J connectivity index is 1.67. The molecule has 1 aliphatic rings. The summed E-state index contributed by atoms with van der Waals surface area (Å²) >= 11 is 0. The smallest absolute Gasteiger partial charge is 0.146 e. The molecule has 25 heavy (non-hydrogen) atoms. The molecule has 146 valence electrons. The Morgan fingerprint density at radius 2 is 1.44 bits per heavy atom. The second kappa shape index (κ2) is 18.2. The molecule has 0 radical (unpaired) electrons. The van der Waals surface area contributed by atoms with E-state index in [1.807, 2.05) is 0 Å². The van der Waals surface area contributed by atoms with Crippen molar-refractivity contribution in [2.75, 3.05) is 26.6 Å². The molecule has 1 aliphatic heterocycles. The molecule has 1 fully saturated rings. The molecule has 1 atom stereocenters. The summed E-state index contributed by atoms with van der Waals surface area (Å²) in [5.74, 6) is 0. The highest BCUT2D eigenvalue weighted by atomic mass is 16.7. The Labute approximate surface area is 155 Å². The highest BCUT2D eigenvalue weighted by molar-refractivity contribution is 4.92.